The third-order valence-electron chi connectivity index (χ3n) is 7.12. The number of ether oxygens (including phenoxy) is 1. The highest BCUT2D eigenvalue weighted by Gasteiger charge is 2.52. The number of sulfone groups is 1. The number of carbonyl (C=O) groups is 2. The molecule has 5 rings (SSSR count). The largest absolute Gasteiger partial charge is 0.507 e. The first kappa shape index (κ1) is 26.9. The first-order valence-electron chi connectivity index (χ1n) is 12.4. The van der Waals surface area contributed by atoms with Gasteiger partial charge in [-0.05, 0) is 51.7 Å². The molecule has 4 aromatic carbocycles. The maximum Gasteiger partial charge on any atom is 0.507 e. The van der Waals surface area contributed by atoms with Gasteiger partial charge in [-0.25, -0.2) is 13.2 Å². The van der Waals surface area contributed by atoms with Gasteiger partial charge < -0.3 is 15.6 Å². The highest BCUT2D eigenvalue weighted by molar-refractivity contribution is 7.93. The van der Waals surface area contributed by atoms with Gasteiger partial charge in [0, 0.05) is 19.4 Å². The van der Waals surface area contributed by atoms with Gasteiger partial charge in [0.15, 0.2) is 6.23 Å². The molecule has 9 nitrogen and oxygen atoms in total. The molecule has 1 unspecified atom stereocenters. The van der Waals surface area contributed by atoms with Crippen molar-refractivity contribution in [3.63, 3.8) is 0 Å². The molecule has 0 spiro atoms. The van der Waals surface area contributed by atoms with Crippen molar-refractivity contribution in [1.29, 1.82) is 5.26 Å². The van der Waals surface area contributed by atoms with Crippen LogP contribution in [0, 0.1) is 11.3 Å². The Bertz CT molecular complexity index is 1760. The first-order chi connectivity index (χ1) is 19.1. The van der Waals surface area contributed by atoms with Crippen molar-refractivity contribution < 1.29 is 27.9 Å². The van der Waals surface area contributed by atoms with Crippen molar-refractivity contribution in [1.82, 2.24) is 4.90 Å². The van der Waals surface area contributed by atoms with E-state index < -0.39 is 39.4 Å². The fourth-order valence-corrected chi connectivity index (χ4v) is 6.65. The molecule has 10 heteroatoms. The summed E-state index contributed by atoms with van der Waals surface area (Å²) in [7, 11) is -4.57. The predicted molar refractivity (Wildman–Crippen MR) is 147 cm³/mol. The topological polar surface area (TPSA) is 151 Å². The molecule has 2 atom stereocenters. The summed E-state index contributed by atoms with van der Waals surface area (Å²) in [6.45, 7) is -0.0908. The Morgan fingerprint density at radius 3 is 2.30 bits per heavy atom. The molecule has 3 N–H and O–H groups in total. The molecular formula is C30H25N3O6S. The zero-order chi connectivity index (χ0) is 28.5. The maximum atomic E-state index is 14.3. The van der Waals surface area contributed by atoms with Gasteiger partial charge in [0.2, 0.25) is 14.7 Å². The van der Waals surface area contributed by atoms with E-state index in [1.54, 1.807) is 54.6 Å². The van der Waals surface area contributed by atoms with Gasteiger partial charge in [0.05, 0.1) is 16.5 Å². The molecule has 0 saturated heterocycles. The second-order valence-electron chi connectivity index (χ2n) is 9.63. The number of amides is 1. The summed E-state index contributed by atoms with van der Waals surface area (Å²) in [4.78, 5) is 24.3. The van der Waals surface area contributed by atoms with E-state index in [2.05, 4.69) is 0 Å². The fourth-order valence-electron chi connectivity index (χ4n) is 4.99. The second kappa shape index (κ2) is 10.4. The molecule has 0 radical (unpaired) electrons. The number of rotatable bonds is 6. The molecule has 1 aliphatic rings. The Morgan fingerprint density at radius 2 is 1.62 bits per heavy atom. The SMILES string of the molecule is N#Cc1ccc(C[C@](N)(C(=O)N2Cc3ccccc3CC2OC(=O)O)S(=O)(=O)c2ccc3ccccc3c2)cc1. The zero-order valence-corrected chi connectivity index (χ0v) is 22.0. The zero-order valence-electron chi connectivity index (χ0n) is 21.2. The van der Waals surface area contributed by atoms with Crippen molar-refractivity contribution in [2.24, 2.45) is 5.73 Å². The van der Waals surface area contributed by atoms with Gasteiger partial charge in [-0.3, -0.25) is 9.69 Å². The standard InChI is InChI=1S/C30H25N3O6S/c31-18-21-11-9-20(10-12-21)17-30(32,40(37,38)26-14-13-22-5-1-2-6-23(22)15-26)28(34)33-19-25-8-4-3-7-24(25)16-27(33)39-29(35)36/h1-15,27H,16-17,19,32H2,(H,35,36)/t27?,30-/m1/s1. The summed E-state index contributed by atoms with van der Waals surface area (Å²) in [5, 5.41) is 20.0. The van der Waals surface area contributed by atoms with E-state index in [0.29, 0.717) is 16.5 Å². The van der Waals surface area contributed by atoms with Crippen LogP contribution in [0.3, 0.4) is 0 Å². The summed E-state index contributed by atoms with van der Waals surface area (Å²) in [5.74, 6) is -0.995. The minimum atomic E-state index is -4.57. The molecule has 4 aromatic rings. The quantitative estimate of drug-likeness (QED) is 0.339. The Balaban J connectivity index is 1.63. The molecule has 0 saturated carbocycles. The monoisotopic (exact) mass is 555 g/mol. The number of hydrogen-bond donors (Lipinski definition) is 2. The molecular weight excluding hydrogens is 530 g/mol. The number of nitriles is 1. The normalized spacial score (nSPS) is 16.4. The summed E-state index contributed by atoms with van der Waals surface area (Å²) in [6, 6.07) is 27.0. The number of nitrogens with two attached hydrogens (primary N) is 1. The average Bonchev–Trinajstić information content (AvgIpc) is 2.96. The van der Waals surface area contributed by atoms with Crippen LogP contribution < -0.4 is 5.73 Å². The van der Waals surface area contributed by atoms with Crippen LogP contribution in [0.25, 0.3) is 10.8 Å². The Labute approximate surface area is 230 Å². The lowest BCUT2D eigenvalue weighted by Crippen LogP contribution is -2.64. The first-order valence-corrected chi connectivity index (χ1v) is 13.9. The van der Waals surface area contributed by atoms with Crippen LogP contribution in [0.1, 0.15) is 22.3 Å². The molecule has 0 bridgehead atoms. The van der Waals surface area contributed by atoms with Crippen LogP contribution in [-0.2, 0) is 38.8 Å². The van der Waals surface area contributed by atoms with Crippen LogP contribution in [0.15, 0.2) is 95.9 Å². The van der Waals surface area contributed by atoms with E-state index in [0.717, 1.165) is 21.4 Å². The lowest BCUT2D eigenvalue weighted by atomic mass is 9.96. The fraction of sp³-hybridized carbons (Fsp3) is 0.167. The van der Waals surface area contributed by atoms with Gasteiger partial charge in [0.1, 0.15) is 0 Å². The number of benzene rings is 4. The summed E-state index contributed by atoms with van der Waals surface area (Å²) >= 11 is 0. The smallest absolute Gasteiger partial charge is 0.450 e. The molecule has 1 heterocycles. The molecule has 202 valence electrons. The van der Waals surface area contributed by atoms with Crippen molar-refractivity contribution in [2.45, 2.75) is 35.4 Å². The van der Waals surface area contributed by atoms with Crippen LogP contribution in [0.2, 0.25) is 0 Å². The van der Waals surface area contributed by atoms with E-state index in [1.807, 2.05) is 18.2 Å². The summed E-state index contributed by atoms with van der Waals surface area (Å²) < 4.78 is 33.7. The maximum absolute atomic E-state index is 14.3. The van der Waals surface area contributed by atoms with E-state index >= 15 is 0 Å². The van der Waals surface area contributed by atoms with Gasteiger partial charge in [-0.1, -0.05) is 66.7 Å². The highest BCUT2D eigenvalue weighted by Crippen LogP contribution is 2.33. The molecule has 1 aliphatic heterocycles. The second-order valence-corrected chi connectivity index (χ2v) is 11.8. The number of fused-ring (bicyclic) bond motifs is 2. The predicted octanol–water partition coefficient (Wildman–Crippen LogP) is 3.99. The minimum absolute atomic E-state index is 0.0389. The van der Waals surface area contributed by atoms with E-state index in [-0.39, 0.29) is 17.9 Å². The molecule has 40 heavy (non-hydrogen) atoms. The summed E-state index contributed by atoms with van der Waals surface area (Å²) in [6.07, 6.45) is -3.27. The average molecular weight is 556 g/mol. The van der Waals surface area contributed by atoms with Crippen molar-refractivity contribution in [2.75, 3.05) is 0 Å². The van der Waals surface area contributed by atoms with Crippen molar-refractivity contribution in [3.05, 3.63) is 113 Å². The molecule has 0 aromatic heterocycles. The molecule has 0 aliphatic carbocycles. The van der Waals surface area contributed by atoms with Crippen LogP contribution in [0.4, 0.5) is 4.79 Å². The lowest BCUT2D eigenvalue weighted by Gasteiger charge is -2.40. The molecule has 1 amide bonds. The third-order valence-corrected chi connectivity index (χ3v) is 9.27. The lowest BCUT2D eigenvalue weighted by molar-refractivity contribution is -0.147. The van der Waals surface area contributed by atoms with Gasteiger partial charge in [0.25, 0.3) is 5.91 Å². The van der Waals surface area contributed by atoms with E-state index in [4.69, 9.17) is 10.5 Å². The number of carbonyl (C=O) groups excluding carboxylic acids is 1. The Hall–Kier alpha value is -4.72. The van der Waals surface area contributed by atoms with Crippen LogP contribution in [0.5, 0.6) is 0 Å². The number of nitrogens with zero attached hydrogens (tertiary/aromatic N) is 2. The Kier molecular flexibility index (Phi) is 7.02. The van der Waals surface area contributed by atoms with Gasteiger partial charge in [-0.2, -0.15) is 5.26 Å². The third kappa shape index (κ3) is 4.88. The van der Waals surface area contributed by atoms with Crippen molar-refractivity contribution >= 4 is 32.7 Å². The Morgan fingerprint density at radius 1 is 0.975 bits per heavy atom. The van der Waals surface area contributed by atoms with Gasteiger partial charge >= 0.3 is 6.16 Å². The number of hydrogen-bond acceptors (Lipinski definition) is 7. The van der Waals surface area contributed by atoms with E-state index in [1.165, 1.54) is 24.3 Å². The molecule has 0 fully saturated rings. The van der Waals surface area contributed by atoms with Crippen LogP contribution in [-0.4, -0.2) is 41.6 Å². The minimum Gasteiger partial charge on any atom is -0.450 e. The number of carboxylic acid groups (broad SMARTS) is 1. The van der Waals surface area contributed by atoms with E-state index in [9.17, 15) is 28.4 Å². The van der Waals surface area contributed by atoms with Gasteiger partial charge in [-0.15, -0.1) is 0 Å². The van der Waals surface area contributed by atoms with Crippen LogP contribution >= 0.6 is 0 Å². The highest BCUT2D eigenvalue weighted by atomic mass is 32.2. The summed E-state index contributed by atoms with van der Waals surface area (Å²) in [5.41, 5.74) is 8.97. The van der Waals surface area contributed by atoms with Crippen molar-refractivity contribution in [3.8, 4) is 6.07 Å².